The summed E-state index contributed by atoms with van der Waals surface area (Å²) in [6.07, 6.45) is 4.99. The molecule has 0 aliphatic carbocycles. The van der Waals surface area contributed by atoms with Gasteiger partial charge in [0.1, 0.15) is 0 Å². The molecule has 0 aliphatic rings. The van der Waals surface area contributed by atoms with Crippen LogP contribution in [0.1, 0.15) is 37.0 Å². The number of rotatable bonds is 5. The Kier molecular flexibility index (Phi) is 6.28. The smallest absolute Gasteiger partial charge is 0.0487 e. The van der Waals surface area contributed by atoms with Gasteiger partial charge < -0.3 is 4.90 Å². The van der Waals surface area contributed by atoms with Gasteiger partial charge in [0.05, 0.1) is 0 Å². The Bertz CT molecular complexity index is 750. The van der Waals surface area contributed by atoms with Crippen LogP contribution in [0.4, 0.5) is 11.4 Å². The summed E-state index contributed by atoms with van der Waals surface area (Å²) in [6, 6.07) is 15.3. The molecule has 0 heterocycles. The summed E-state index contributed by atoms with van der Waals surface area (Å²) in [6.45, 7) is 10.5. The van der Waals surface area contributed by atoms with Gasteiger partial charge in [-0.1, -0.05) is 53.9 Å². The molecule has 0 amide bonds. The van der Waals surface area contributed by atoms with Crippen molar-refractivity contribution in [2.75, 3.05) is 4.90 Å². The first-order valence-electron chi connectivity index (χ1n) is 8.39. The van der Waals surface area contributed by atoms with E-state index in [4.69, 9.17) is 11.6 Å². The lowest BCUT2D eigenvalue weighted by atomic mass is 10.1. The highest BCUT2D eigenvalue weighted by Gasteiger charge is 2.15. The monoisotopic (exact) mass is 339 g/mol. The van der Waals surface area contributed by atoms with Gasteiger partial charge in [0.25, 0.3) is 0 Å². The van der Waals surface area contributed by atoms with Gasteiger partial charge in [0.15, 0.2) is 0 Å². The van der Waals surface area contributed by atoms with E-state index in [1.165, 1.54) is 33.8 Å². The minimum absolute atomic E-state index is 0.783. The van der Waals surface area contributed by atoms with Crippen LogP contribution in [0.5, 0.6) is 0 Å². The minimum atomic E-state index is 0.783. The van der Waals surface area contributed by atoms with Gasteiger partial charge in [-0.25, -0.2) is 0 Å². The normalized spacial score (nSPS) is 12.4. The van der Waals surface area contributed by atoms with Crippen LogP contribution in [-0.2, 0) is 0 Å². The number of halogens is 1. The van der Waals surface area contributed by atoms with Gasteiger partial charge in [-0.2, -0.15) is 0 Å². The lowest BCUT2D eigenvalue weighted by Gasteiger charge is -2.29. The first kappa shape index (κ1) is 18.4. The van der Waals surface area contributed by atoms with Crippen molar-refractivity contribution in [2.24, 2.45) is 0 Å². The maximum Gasteiger partial charge on any atom is 0.0487 e. The third-order valence-electron chi connectivity index (χ3n) is 4.04. The molecule has 0 radical (unpaired) electrons. The molecule has 1 nitrogen and oxygen atoms in total. The second-order valence-corrected chi connectivity index (χ2v) is 6.82. The second kappa shape index (κ2) is 8.21. The molecule has 0 saturated heterocycles. The molecular weight excluding hydrogens is 314 g/mol. The number of anilines is 2. The van der Waals surface area contributed by atoms with E-state index in [0.717, 1.165) is 11.5 Å². The van der Waals surface area contributed by atoms with E-state index in [1.54, 1.807) is 0 Å². The van der Waals surface area contributed by atoms with Crippen LogP contribution in [0.2, 0.25) is 0 Å². The van der Waals surface area contributed by atoms with E-state index in [-0.39, 0.29) is 0 Å². The Hall–Kier alpha value is -1.99. The molecule has 0 saturated carbocycles. The quantitative estimate of drug-likeness (QED) is 0.521. The zero-order valence-electron chi connectivity index (χ0n) is 15.2. The summed E-state index contributed by atoms with van der Waals surface area (Å²) in [7, 11) is 0. The van der Waals surface area contributed by atoms with Gasteiger partial charge in [-0.05, 0) is 70.0 Å². The molecule has 0 N–H and O–H groups in total. The summed E-state index contributed by atoms with van der Waals surface area (Å²) in [5, 5.41) is 0.783. The molecule has 2 rings (SSSR count). The molecule has 0 aromatic heterocycles. The van der Waals surface area contributed by atoms with Crippen LogP contribution < -0.4 is 4.90 Å². The van der Waals surface area contributed by atoms with Crippen molar-refractivity contribution in [3.05, 3.63) is 82.0 Å². The fraction of sp³-hybridized carbons (Fsp3) is 0.273. The first-order valence-corrected chi connectivity index (χ1v) is 8.77. The van der Waals surface area contributed by atoms with Crippen molar-refractivity contribution >= 4 is 23.0 Å². The molecule has 0 unspecified atom stereocenters. The third kappa shape index (κ3) is 4.52. The van der Waals surface area contributed by atoms with Gasteiger partial charge in [0.2, 0.25) is 0 Å². The number of hydrogen-bond acceptors (Lipinski definition) is 1. The maximum atomic E-state index is 6.05. The van der Waals surface area contributed by atoms with Crippen molar-refractivity contribution in [1.82, 2.24) is 0 Å². The lowest BCUT2D eigenvalue weighted by molar-refractivity contribution is 1.01. The van der Waals surface area contributed by atoms with E-state index in [1.807, 2.05) is 13.0 Å². The van der Waals surface area contributed by atoms with E-state index in [0.29, 0.717) is 0 Å². The molecule has 2 heteroatoms. The van der Waals surface area contributed by atoms with Crippen LogP contribution in [0.25, 0.3) is 0 Å². The summed E-state index contributed by atoms with van der Waals surface area (Å²) in [4.78, 5) is 2.32. The molecule has 0 fully saturated rings. The Labute approximate surface area is 151 Å². The number of aryl methyl sites for hydroxylation is 3. The van der Waals surface area contributed by atoms with Gasteiger partial charge in [-0.15, -0.1) is 0 Å². The fourth-order valence-electron chi connectivity index (χ4n) is 2.77. The summed E-state index contributed by atoms with van der Waals surface area (Å²) >= 11 is 6.05. The standard InChI is InChI=1S/C22H26ClN/c1-6-20(13-10-19(5)23)24(21-11-7-16(2)8-12-21)22-14-9-17(3)15-18(22)4/h7-15H,6H2,1-5H3/b19-10+,20-13+. The van der Waals surface area contributed by atoms with Crippen LogP contribution >= 0.6 is 11.6 Å². The predicted molar refractivity (Wildman–Crippen MR) is 107 cm³/mol. The SMILES string of the molecule is CC/C(=C\C=C(/C)Cl)N(c1ccc(C)cc1)c1ccc(C)cc1C. The molecule has 24 heavy (non-hydrogen) atoms. The summed E-state index contributed by atoms with van der Waals surface area (Å²) in [5.74, 6) is 0. The fourth-order valence-corrected chi connectivity index (χ4v) is 2.83. The first-order chi connectivity index (χ1) is 11.4. The number of nitrogens with zero attached hydrogens (tertiary/aromatic N) is 1. The molecule has 0 atom stereocenters. The van der Waals surface area contributed by atoms with Crippen molar-refractivity contribution in [1.29, 1.82) is 0 Å². The zero-order chi connectivity index (χ0) is 17.7. The highest BCUT2D eigenvalue weighted by atomic mass is 35.5. The molecule has 0 bridgehead atoms. The van der Waals surface area contributed by atoms with E-state index in [2.05, 4.69) is 81.1 Å². The van der Waals surface area contributed by atoms with Crippen molar-refractivity contribution in [3.8, 4) is 0 Å². The maximum absolute atomic E-state index is 6.05. The van der Waals surface area contributed by atoms with E-state index in [9.17, 15) is 0 Å². The highest BCUT2D eigenvalue weighted by Crippen LogP contribution is 2.34. The van der Waals surface area contributed by atoms with Crippen LogP contribution in [0.3, 0.4) is 0 Å². The topological polar surface area (TPSA) is 3.24 Å². The second-order valence-electron chi connectivity index (χ2n) is 6.23. The van der Waals surface area contributed by atoms with Crippen LogP contribution in [0, 0.1) is 20.8 Å². The van der Waals surface area contributed by atoms with Crippen LogP contribution in [0.15, 0.2) is 65.3 Å². The number of benzene rings is 2. The molecule has 126 valence electrons. The number of hydrogen-bond donors (Lipinski definition) is 0. The minimum Gasteiger partial charge on any atom is -0.314 e. The third-order valence-corrected chi connectivity index (χ3v) is 4.17. The largest absolute Gasteiger partial charge is 0.314 e. The van der Waals surface area contributed by atoms with Gasteiger partial charge in [0, 0.05) is 22.1 Å². The van der Waals surface area contributed by atoms with Crippen molar-refractivity contribution < 1.29 is 0 Å². The van der Waals surface area contributed by atoms with E-state index >= 15 is 0 Å². The Morgan fingerprint density at radius 2 is 1.58 bits per heavy atom. The Balaban J connectivity index is 2.62. The molecule has 0 aliphatic heterocycles. The molecular formula is C22H26ClN. The summed E-state index contributed by atoms with van der Waals surface area (Å²) in [5.41, 5.74) is 7.39. The summed E-state index contributed by atoms with van der Waals surface area (Å²) < 4.78 is 0. The van der Waals surface area contributed by atoms with Gasteiger partial charge >= 0.3 is 0 Å². The van der Waals surface area contributed by atoms with Gasteiger partial charge in [-0.3, -0.25) is 0 Å². The molecule has 2 aromatic carbocycles. The van der Waals surface area contributed by atoms with E-state index < -0.39 is 0 Å². The molecule has 2 aromatic rings. The highest BCUT2D eigenvalue weighted by molar-refractivity contribution is 6.29. The average Bonchev–Trinajstić information content (AvgIpc) is 2.53. The number of allylic oxidation sites excluding steroid dienone is 4. The van der Waals surface area contributed by atoms with Crippen molar-refractivity contribution in [3.63, 3.8) is 0 Å². The average molecular weight is 340 g/mol. The van der Waals surface area contributed by atoms with Crippen LogP contribution in [-0.4, -0.2) is 0 Å². The van der Waals surface area contributed by atoms with Crippen molar-refractivity contribution in [2.45, 2.75) is 41.0 Å². The predicted octanol–water partition coefficient (Wildman–Crippen LogP) is 7.19. The lowest BCUT2D eigenvalue weighted by Crippen LogP contribution is -2.17. The Morgan fingerprint density at radius 1 is 0.958 bits per heavy atom. The zero-order valence-corrected chi connectivity index (χ0v) is 16.0. The Morgan fingerprint density at radius 3 is 2.12 bits per heavy atom. The molecule has 0 spiro atoms.